The topological polar surface area (TPSA) is 440 Å². The summed E-state index contributed by atoms with van der Waals surface area (Å²) in [4.78, 5) is 116. The monoisotopic (exact) mass is 760 g/mol. The average Bonchev–Trinajstić information content (AvgIpc) is 2.40. The molecule has 0 rings (SSSR count). The fraction of sp³-hybridized carbons (Fsp3) is 1.00. The van der Waals surface area contributed by atoms with Crippen molar-refractivity contribution < 1.29 is 144 Å². The molecule has 0 aromatic rings. The van der Waals surface area contributed by atoms with E-state index in [2.05, 4.69) is 0 Å². The van der Waals surface area contributed by atoms with Crippen LogP contribution in [0.5, 0.6) is 0 Å². The fourth-order valence-corrected chi connectivity index (χ4v) is 4.68. The van der Waals surface area contributed by atoms with Gasteiger partial charge in [-0.25, -0.2) is 0 Å². The van der Waals surface area contributed by atoms with Crippen molar-refractivity contribution in [3.8, 4) is 0 Å². The van der Waals surface area contributed by atoms with Crippen molar-refractivity contribution in [3.63, 3.8) is 0 Å². The van der Waals surface area contributed by atoms with Gasteiger partial charge in [0.2, 0.25) is 0 Å². The molecule has 0 spiro atoms. The third-order valence-corrected chi connectivity index (χ3v) is 10.2. The van der Waals surface area contributed by atoms with E-state index in [1.54, 1.807) is 0 Å². The molecule has 0 saturated carbocycles. The van der Waals surface area contributed by atoms with E-state index in [9.17, 15) is 86.1 Å². The van der Waals surface area contributed by atoms with Crippen LogP contribution in [0.25, 0.3) is 0 Å². The van der Waals surface area contributed by atoms with Gasteiger partial charge in [-0.1, -0.05) is 0 Å². The molecule has 0 saturated heterocycles. The van der Waals surface area contributed by atoms with Crippen LogP contribution in [-0.4, -0.2) is 32.1 Å². The third kappa shape index (κ3) is 21.4. The maximum absolute atomic E-state index is 9.63. The Morgan fingerprint density at radius 1 is 0.344 bits per heavy atom. The number of aliphatic hydroxyl groups excluding tert-OH is 3. The van der Waals surface area contributed by atoms with Crippen molar-refractivity contribution in [2.45, 2.75) is 16.8 Å². The van der Waals surface area contributed by atoms with E-state index < -0.39 is 62.3 Å². The van der Waals surface area contributed by atoms with Crippen molar-refractivity contribution >= 4 is 45.6 Å². The van der Waals surface area contributed by atoms with E-state index in [-0.39, 0.29) is 42.1 Å². The minimum Gasteiger partial charge on any atom is -0.809 e. The van der Waals surface area contributed by atoms with Gasteiger partial charge in [-0.15, -0.1) is 0 Å². The Hall–Kier alpha value is 2.16. The van der Waals surface area contributed by atoms with E-state index >= 15 is 0 Å². The van der Waals surface area contributed by atoms with E-state index in [0.29, 0.717) is 0 Å². The first kappa shape index (κ1) is 44.2. The van der Waals surface area contributed by atoms with Gasteiger partial charge in [0.1, 0.15) is 16.8 Å². The molecule has 0 aliphatic carbocycles. The van der Waals surface area contributed by atoms with Gasteiger partial charge in [0.25, 0.3) is 0 Å². The smallest absolute Gasteiger partial charge is 0.107 e. The first-order chi connectivity index (χ1) is 12.5. The number of hydrogen-bond acceptors (Lipinski definition) is 21. The van der Waals surface area contributed by atoms with Crippen molar-refractivity contribution in [3.05, 3.63) is 0 Å². The minimum absolute atomic E-state index is 0. The first-order valence-corrected chi connectivity index (χ1v) is 15.3. The van der Waals surface area contributed by atoms with Crippen LogP contribution in [-0.2, 0) is 69.5 Å². The Labute approximate surface area is 205 Å². The van der Waals surface area contributed by atoms with Gasteiger partial charge < -0.3 is 101 Å². The van der Waals surface area contributed by atoms with Gasteiger partial charge in [-0.3, -0.25) is 0 Å². The molecule has 21 nitrogen and oxygen atoms in total. The maximum atomic E-state index is 9.63. The third-order valence-electron chi connectivity index (χ3n) is 1.70. The predicted molar refractivity (Wildman–Crippen MR) is 63.7 cm³/mol. The Morgan fingerprint density at radius 3 is 0.406 bits per heavy atom. The fourth-order valence-electron chi connectivity index (χ4n) is 0.520. The molecular formula is C3H6Mo2O21P6-12. The van der Waals surface area contributed by atoms with Crippen molar-refractivity contribution in [2.75, 3.05) is 0 Å². The van der Waals surface area contributed by atoms with Gasteiger partial charge in [0.05, 0.1) is 0 Å². The van der Waals surface area contributed by atoms with Gasteiger partial charge in [-0.05, 0) is 45.6 Å². The van der Waals surface area contributed by atoms with Crippen LogP contribution >= 0.6 is 45.6 Å². The number of aliphatic hydroxyl groups is 3. The van der Waals surface area contributed by atoms with E-state index in [4.69, 9.17) is 15.3 Å². The molecule has 32 heavy (non-hydrogen) atoms. The Morgan fingerprint density at radius 2 is 0.406 bits per heavy atom. The Bertz CT molecular complexity index is 641. The van der Waals surface area contributed by atoms with Crippen LogP contribution < -0.4 is 58.7 Å². The Kier molecular flexibility index (Phi) is 21.3. The SMILES string of the molecule is O=P([O-])([O-])C(O)P(=O)([O-])[O-].O=P([O-])([O-])C(O)P(=O)([O-])[O-].O=P([O-])([O-])C(O)P(=O)([O-])[O-].[Mo].[Mo]. The largest absolute Gasteiger partial charge is 0.809 e. The zero-order chi connectivity index (χ0) is 25.7. The molecule has 0 aromatic heterocycles. The zero-order valence-electron chi connectivity index (χ0n) is 13.9. The summed E-state index contributed by atoms with van der Waals surface area (Å²) in [5, 5.41) is 23.8. The van der Waals surface area contributed by atoms with E-state index in [1.807, 2.05) is 0 Å². The molecule has 0 fully saturated rings. The van der Waals surface area contributed by atoms with Crippen LogP contribution in [0.15, 0.2) is 0 Å². The van der Waals surface area contributed by atoms with Gasteiger partial charge >= 0.3 is 0 Å². The first-order valence-electron chi connectivity index (χ1n) is 5.61. The number of rotatable bonds is 6. The molecule has 0 unspecified atom stereocenters. The molecule has 0 aliphatic heterocycles. The minimum atomic E-state index is -5.71. The van der Waals surface area contributed by atoms with Gasteiger partial charge in [0.15, 0.2) is 0 Å². The summed E-state index contributed by atoms with van der Waals surface area (Å²) in [7, 11) is -34.3. The van der Waals surface area contributed by atoms with Crippen LogP contribution in [0.2, 0.25) is 0 Å². The summed E-state index contributed by atoms with van der Waals surface area (Å²) in [6.45, 7) is 0. The Balaban J connectivity index is -0.000000110. The molecule has 198 valence electrons. The van der Waals surface area contributed by atoms with Gasteiger partial charge in [-0.2, -0.15) is 0 Å². The molecule has 0 aromatic carbocycles. The second-order valence-corrected chi connectivity index (χ2v) is 14.9. The summed E-state index contributed by atoms with van der Waals surface area (Å²) in [6.07, 6.45) is 0. The summed E-state index contributed by atoms with van der Waals surface area (Å²) in [5.41, 5.74) is -10.0. The summed E-state index contributed by atoms with van der Waals surface area (Å²) in [5.74, 6) is 0. The molecule has 0 atom stereocenters. The zero-order valence-corrected chi connectivity index (χ0v) is 23.3. The standard InChI is InChI=1S/3CH6O7P2.2Mo/c3*2-1(9(3,4)5)10(6,7)8;;/h3*1-2H,(H2,3,4,5)(H2,6,7,8);;/p-12. The molecule has 3 N–H and O–H groups in total. The second kappa shape index (κ2) is 15.4. The van der Waals surface area contributed by atoms with Crippen LogP contribution in [0.3, 0.4) is 0 Å². The molecule has 0 bridgehead atoms. The number of hydrogen-bond donors (Lipinski definition) is 3. The molecule has 0 radical (unpaired) electrons. The quantitative estimate of drug-likeness (QED) is 0.167. The second-order valence-electron chi connectivity index (χ2n) is 4.28. The van der Waals surface area contributed by atoms with Crippen LogP contribution in [0.1, 0.15) is 0 Å². The van der Waals surface area contributed by atoms with Crippen molar-refractivity contribution in [2.24, 2.45) is 0 Å². The van der Waals surface area contributed by atoms with Crippen LogP contribution in [0.4, 0.5) is 0 Å². The molecular weight excluding hydrogens is 750 g/mol. The normalized spacial score (nSPS) is 13.3. The van der Waals surface area contributed by atoms with E-state index in [0.717, 1.165) is 0 Å². The average molecular weight is 756 g/mol. The van der Waals surface area contributed by atoms with Crippen molar-refractivity contribution in [1.29, 1.82) is 0 Å². The summed E-state index contributed by atoms with van der Waals surface area (Å²) >= 11 is 0. The summed E-state index contributed by atoms with van der Waals surface area (Å²) in [6, 6.07) is 0. The molecule has 0 amide bonds. The van der Waals surface area contributed by atoms with Crippen molar-refractivity contribution in [1.82, 2.24) is 0 Å². The molecule has 0 heterocycles. The molecule has 29 heteroatoms. The summed E-state index contributed by atoms with van der Waals surface area (Å²) < 4.78 is 57.8. The maximum Gasteiger partial charge on any atom is 0.107 e. The van der Waals surface area contributed by atoms with E-state index in [1.165, 1.54) is 0 Å². The van der Waals surface area contributed by atoms with Gasteiger partial charge in [0, 0.05) is 42.1 Å². The van der Waals surface area contributed by atoms with Crippen LogP contribution in [0, 0.1) is 0 Å². The molecule has 0 aliphatic rings. The predicted octanol–water partition coefficient (Wildman–Crippen LogP) is -11.7.